The highest BCUT2D eigenvalue weighted by Gasteiger charge is 2.48. The van der Waals surface area contributed by atoms with Crippen LogP contribution in [0.4, 0.5) is 13.2 Å². The molecule has 0 spiro atoms. The van der Waals surface area contributed by atoms with Crippen LogP contribution in [0.3, 0.4) is 0 Å². The lowest BCUT2D eigenvalue weighted by Gasteiger charge is -2.38. The highest BCUT2D eigenvalue weighted by Crippen LogP contribution is 2.28. The van der Waals surface area contributed by atoms with Gasteiger partial charge in [-0.05, 0) is 96.3 Å². The van der Waals surface area contributed by atoms with Crippen LogP contribution in [0.15, 0.2) is 128 Å². The van der Waals surface area contributed by atoms with Crippen molar-refractivity contribution in [2.24, 2.45) is 17.4 Å². The zero-order valence-electron chi connectivity index (χ0n) is 75.5. The number of halogens is 3. The minimum absolute atomic E-state index is 0.00601. The first-order valence-corrected chi connectivity index (χ1v) is 45.9. The van der Waals surface area contributed by atoms with Gasteiger partial charge in [0.25, 0.3) is 0 Å². The summed E-state index contributed by atoms with van der Waals surface area (Å²) in [6.45, 7) is 2.30. The van der Waals surface area contributed by atoms with Crippen LogP contribution in [0.1, 0.15) is 106 Å². The number of phenolic OH excluding ortho intramolecular Hbond substituents is 1. The second-order valence-electron chi connectivity index (χ2n) is 33.9. The number of carbonyl (C=O) groups is 16. The molecule has 728 valence electrons. The molecule has 0 saturated carbocycles. The maximum atomic E-state index is 15.7. The molecule has 3 saturated heterocycles. The van der Waals surface area contributed by atoms with Crippen molar-refractivity contribution in [2.45, 2.75) is 195 Å². The van der Waals surface area contributed by atoms with E-state index in [2.05, 4.69) is 61.7 Å². The molecule has 43 heteroatoms. The van der Waals surface area contributed by atoms with E-state index < -0.39 is 278 Å². The molecule has 0 unspecified atom stereocenters. The van der Waals surface area contributed by atoms with E-state index in [-0.39, 0.29) is 76.0 Å². The van der Waals surface area contributed by atoms with E-state index >= 15 is 56.7 Å². The van der Waals surface area contributed by atoms with Gasteiger partial charge in [0.2, 0.25) is 88.6 Å². The molecule has 6 aromatic rings. The molecule has 135 heavy (non-hydrogen) atoms. The summed E-state index contributed by atoms with van der Waals surface area (Å²) in [5, 5.41) is 66.7. The number of morpholine rings is 1. The minimum atomic E-state index is -1.90. The van der Waals surface area contributed by atoms with E-state index in [4.69, 9.17) is 16.2 Å². The summed E-state index contributed by atoms with van der Waals surface area (Å²) < 4.78 is 50.9. The Morgan fingerprint density at radius 3 is 1.75 bits per heavy atom. The molecule has 3 aliphatic rings. The fraction of sp³-hybridized carbons (Fsp3) is 0.467. The molecular formula is C92H117F3N17O21PS. The standard InChI is InChI=1S/C92H117F3N17O21PS/c1-7-8-25-69-91(131)112-46-57(114)42-71(112)86(126)105-66(43-77(119)134)84(124)107-79(50(2)3)92(132)109(5)70(39-51-18-11-9-12-19-51)85(125)102-63(30-31-76(117)118)89(129)111-33-34-133-47-73(111)87(127)104-65(41-55-44-98-61-23-16-15-22-58(55)61)83(123)103-64(37-53-26-28-56(113)29-27-53)82(122)101-62(24-17-32-96)81(121)106-68(80(120)99-45-74(97)115)48-135-49-75(116)100-67(38-54-35-59(93)78(95)60(94)36-54)88(128)110(6)72(90(130)108(69)4)40-52-20-13-10-14-21-52/h9-16,18-23,26-29,35-36,44,50,57,62-73,79,98,113-114,119,134H,7-8,17,24-25,30-34,37-43,45-49,96H2,1-6H3,(H2,97,115)(H,99,120)(H,100,116)(H,101,122)(H,102,125)(H,103,123)(H,104,127)(H,105,126)(H,106,121)(H,107,124)(H,117,118)/t57-,62+,63+,64+,65+,66+,67+,68+,69+,70+,71-,72+,73-,79+/m1/s1. The zero-order chi connectivity index (χ0) is 98.6. The smallest absolute Gasteiger partial charge is 0.303 e. The number of aliphatic hydroxyl groups is 2. The first-order chi connectivity index (χ1) is 64.2. The summed E-state index contributed by atoms with van der Waals surface area (Å²) in [6, 6.07) is 7.84. The number of benzene rings is 5. The Hall–Kier alpha value is -12.9. The number of carboxylic acid groups (broad SMARTS) is 1. The van der Waals surface area contributed by atoms with E-state index in [0.29, 0.717) is 63.5 Å². The number of aliphatic carboxylic acids is 1. The Morgan fingerprint density at radius 2 is 1.13 bits per heavy atom. The summed E-state index contributed by atoms with van der Waals surface area (Å²) in [5.41, 5.74) is 12.7. The number of nitrogens with one attached hydrogen (secondary N) is 10. The van der Waals surface area contributed by atoms with Crippen molar-refractivity contribution in [1.82, 2.24) is 77.3 Å². The van der Waals surface area contributed by atoms with E-state index in [0.717, 1.165) is 24.5 Å². The van der Waals surface area contributed by atoms with Gasteiger partial charge in [-0.25, -0.2) is 13.2 Å². The van der Waals surface area contributed by atoms with Gasteiger partial charge in [-0.2, -0.15) is 0 Å². The third-order valence-corrected chi connectivity index (χ3v) is 24.8. The zero-order valence-corrected chi connectivity index (χ0v) is 77.3. The summed E-state index contributed by atoms with van der Waals surface area (Å²) >= 11 is 0.641. The number of carbonyl (C=O) groups excluding carboxylic acids is 15. The van der Waals surface area contributed by atoms with Crippen molar-refractivity contribution < 1.29 is 115 Å². The van der Waals surface area contributed by atoms with Gasteiger partial charge in [-0.3, -0.25) is 76.7 Å². The average molecular weight is 1920 g/mol. The number of thioether (sulfide) groups is 1. The first kappa shape index (κ1) is 106. The van der Waals surface area contributed by atoms with Crippen molar-refractivity contribution in [2.75, 3.05) is 72.0 Å². The topological polar surface area (TPSA) is 556 Å². The second-order valence-corrected chi connectivity index (χ2v) is 35.5. The number of likely N-dealkylation sites (N-methyl/N-ethyl adjacent to an activating group) is 3. The van der Waals surface area contributed by atoms with Gasteiger partial charge >= 0.3 is 5.97 Å². The molecule has 3 aliphatic heterocycles. The number of unbranched alkanes of at least 4 members (excludes halogenated alkanes) is 1. The fourth-order valence-electron chi connectivity index (χ4n) is 16.2. The minimum Gasteiger partial charge on any atom is -0.508 e. The molecule has 5 aromatic carbocycles. The summed E-state index contributed by atoms with van der Waals surface area (Å²) in [4.78, 5) is 246. The van der Waals surface area contributed by atoms with Crippen LogP contribution >= 0.6 is 20.6 Å². The average Bonchev–Trinajstić information content (AvgIpc) is 1.62. The van der Waals surface area contributed by atoms with Crippen LogP contribution in [-0.4, -0.2) is 307 Å². The summed E-state index contributed by atoms with van der Waals surface area (Å²) in [5.74, 6) is -24.5. The molecular weight excluding hydrogens is 1800 g/mol. The maximum absolute atomic E-state index is 15.7. The van der Waals surface area contributed by atoms with E-state index in [1.165, 1.54) is 59.3 Å². The second kappa shape index (κ2) is 50.4. The Morgan fingerprint density at radius 1 is 0.570 bits per heavy atom. The number of aromatic amines is 1. The molecule has 4 heterocycles. The van der Waals surface area contributed by atoms with E-state index in [9.17, 15) is 53.6 Å². The first-order valence-electron chi connectivity index (χ1n) is 44.2. The molecule has 9 rings (SSSR count). The number of carboxylic acids is 1. The van der Waals surface area contributed by atoms with Gasteiger partial charge in [0.1, 0.15) is 84.3 Å². The molecule has 15 amide bonds. The largest absolute Gasteiger partial charge is 0.508 e. The van der Waals surface area contributed by atoms with Crippen molar-refractivity contribution in [1.29, 1.82) is 0 Å². The van der Waals surface area contributed by atoms with Gasteiger partial charge in [0.05, 0.1) is 37.1 Å². The number of hydrogen-bond donors (Lipinski definition) is 16. The number of phenols is 1. The number of hydrogen-bond acceptors (Lipinski definition) is 21. The summed E-state index contributed by atoms with van der Waals surface area (Å²) in [6.07, 6.45) is -4.26. The fourth-order valence-corrected chi connectivity index (χ4v) is 17.2. The third kappa shape index (κ3) is 29.8. The normalized spacial score (nSPS) is 24.0. The number of aliphatic hydroxyl groups excluding tert-OH is 2. The number of H-pyrrole nitrogens is 1. The van der Waals surface area contributed by atoms with Crippen LogP contribution in [0.25, 0.3) is 10.9 Å². The van der Waals surface area contributed by atoms with Crippen LogP contribution in [-0.2, 0) is 114 Å². The van der Waals surface area contributed by atoms with Gasteiger partial charge in [0.15, 0.2) is 17.5 Å². The van der Waals surface area contributed by atoms with Gasteiger partial charge < -0.3 is 114 Å². The quantitative estimate of drug-likeness (QED) is 0.0269. The number of para-hydroxylation sites is 1. The molecule has 0 radical (unpaired) electrons. The predicted molar refractivity (Wildman–Crippen MR) is 491 cm³/mol. The SMILES string of the molecule is CCCC[C@H]1C(=O)N2C[C@H](O)C[C@@H]2C(=O)N[C@@H](CC(O)=P)C(=O)N[C@@H](C(C)C)C(=O)N(C)[C@@H](Cc2ccccc2)C(=O)N[C@@H](CCC(=O)O)C(=O)N2CCOC[C@@H]2C(=O)N[C@@H](Cc2c[nH]c3ccccc23)C(=O)N[C@@H](Cc2ccc(O)cc2)C(=O)N[C@@H](CCCN)C(=O)N[C@H](C(=O)NCC(N)=O)CSCC(=O)N[C@@H](Cc2cc(F)c(F)c(F)c2)C(=O)N(C)[C@@H](Cc2ccccc2)C(=O)N1C. The van der Waals surface area contributed by atoms with E-state index in [1.54, 1.807) is 98.0 Å². The van der Waals surface area contributed by atoms with Gasteiger partial charge in [-0.1, -0.05) is 133 Å². The van der Waals surface area contributed by atoms with Gasteiger partial charge in [0, 0.05) is 108 Å². The van der Waals surface area contributed by atoms with Crippen LogP contribution in [0, 0.1) is 23.4 Å². The summed E-state index contributed by atoms with van der Waals surface area (Å²) in [7, 11) is 6.67. The number of aromatic nitrogens is 1. The number of amides is 15. The molecule has 18 N–H and O–H groups in total. The molecule has 0 bridgehead atoms. The van der Waals surface area contributed by atoms with Crippen LogP contribution in [0.2, 0.25) is 0 Å². The Bertz CT molecular complexity index is 5240. The lowest BCUT2D eigenvalue weighted by Crippen LogP contribution is -2.64. The number of fused-ring (bicyclic) bond motifs is 3. The highest BCUT2D eigenvalue weighted by atomic mass is 32.2. The molecule has 1 aromatic heterocycles. The Labute approximate surface area is 783 Å². The lowest BCUT2D eigenvalue weighted by molar-refractivity contribution is -0.152. The predicted octanol–water partition coefficient (Wildman–Crippen LogP) is 0.186. The number of aromatic hydroxyl groups is 1. The van der Waals surface area contributed by atoms with Crippen molar-refractivity contribution in [3.63, 3.8) is 0 Å². The maximum Gasteiger partial charge on any atom is 0.303 e. The van der Waals surface area contributed by atoms with Crippen molar-refractivity contribution in [3.05, 3.63) is 173 Å². The number of primary amides is 1. The number of nitrogens with two attached hydrogens (primary N) is 2. The molecule has 14 atom stereocenters. The van der Waals surface area contributed by atoms with Crippen molar-refractivity contribution in [3.8, 4) is 5.75 Å². The van der Waals surface area contributed by atoms with Gasteiger partial charge in [-0.15, -0.1) is 11.8 Å². The monoisotopic (exact) mass is 1920 g/mol. The lowest BCUT2D eigenvalue weighted by atomic mass is 9.98. The molecule has 0 aliphatic carbocycles. The van der Waals surface area contributed by atoms with Crippen LogP contribution < -0.4 is 59.3 Å². The number of nitrogens with zero attached hydrogens (tertiary/aromatic N) is 5. The van der Waals surface area contributed by atoms with Crippen molar-refractivity contribution >= 4 is 132 Å². The number of ether oxygens (including phenoxy) is 1. The highest BCUT2D eigenvalue weighted by molar-refractivity contribution is 8.00. The Kier molecular flexibility index (Phi) is 39.5. The Balaban J connectivity index is 1.14. The third-order valence-electron chi connectivity index (χ3n) is 23.6. The van der Waals surface area contributed by atoms with Crippen LogP contribution in [0.5, 0.6) is 5.75 Å². The van der Waals surface area contributed by atoms with E-state index in [1.807, 2.05) is 0 Å². The molecule has 38 nitrogen and oxygen atoms in total. The number of rotatable bonds is 25. The molecule has 3 fully saturated rings.